The molecule has 0 heterocycles. The third kappa shape index (κ3) is 3.12. The van der Waals surface area contributed by atoms with Gasteiger partial charge in [0.05, 0.1) is 12.6 Å². The van der Waals surface area contributed by atoms with Gasteiger partial charge in [-0.1, -0.05) is 29.8 Å². The highest BCUT2D eigenvalue weighted by atomic mass is 19.1. The molecule has 1 unspecified atom stereocenters. The first-order valence-electron chi connectivity index (χ1n) is 6.36. The Bertz CT molecular complexity index is 568. The van der Waals surface area contributed by atoms with E-state index in [0.29, 0.717) is 6.61 Å². The Labute approximate surface area is 113 Å². The van der Waals surface area contributed by atoms with Crippen LogP contribution in [0.1, 0.15) is 29.7 Å². The monoisotopic (exact) mass is 259 g/mol. The van der Waals surface area contributed by atoms with Gasteiger partial charge in [-0.25, -0.2) is 4.39 Å². The van der Waals surface area contributed by atoms with Crippen LogP contribution in [0.15, 0.2) is 42.5 Å². The molecule has 2 aromatic carbocycles. The molecule has 100 valence electrons. The first kappa shape index (κ1) is 13.6. The molecule has 1 atom stereocenters. The summed E-state index contributed by atoms with van der Waals surface area (Å²) >= 11 is 0. The lowest BCUT2D eigenvalue weighted by Crippen LogP contribution is -2.14. The molecule has 0 bridgehead atoms. The summed E-state index contributed by atoms with van der Waals surface area (Å²) in [5, 5.41) is 0. The highest BCUT2D eigenvalue weighted by molar-refractivity contribution is 5.43. The van der Waals surface area contributed by atoms with Crippen LogP contribution in [0.2, 0.25) is 0 Å². The van der Waals surface area contributed by atoms with Crippen LogP contribution in [0.4, 0.5) is 4.39 Å². The van der Waals surface area contributed by atoms with E-state index in [2.05, 4.69) is 0 Å². The molecule has 0 aliphatic carbocycles. The molecule has 0 aliphatic rings. The molecule has 0 fully saturated rings. The lowest BCUT2D eigenvalue weighted by Gasteiger charge is -2.17. The highest BCUT2D eigenvalue weighted by Gasteiger charge is 2.15. The molecule has 0 aromatic heterocycles. The van der Waals surface area contributed by atoms with Gasteiger partial charge in [0.15, 0.2) is 0 Å². The molecule has 0 saturated carbocycles. The predicted octanol–water partition coefficient (Wildman–Crippen LogP) is 3.58. The Balaban J connectivity index is 2.42. The van der Waals surface area contributed by atoms with Crippen molar-refractivity contribution in [2.24, 2.45) is 5.73 Å². The molecule has 0 aliphatic heterocycles. The van der Waals surface area contributed by atoms with E-state index < -0.39 is 6.04 Å². The van der Waals surface area contributed by atoms with Gasteiger partial charge in [-0.3, -0.25) is 0 Å². The number of nitrogens with two attached hydrogens (primary N) is 1. The minimum absolute atomic E-state index is 0.279. The van der Waals surface area contributed by atoms with Crippen LogP contribution in [-0.2, 0) is 0 Å². The Morgan fingerprint density at radius 1 is 1.21 bits per heavy atom. The zero-order valence-electron chi connectivity index (χ0n) is 11.2. The van der Waals surface area contributed by atoms with E-state index in [1.54, 1.807) is 6.07 Å². The summed E-state index contributed by atoms with van der Waals surface area (Å²) < 4.78 is 18.9. The van der Waals surface area contributed by atoms with Gasteiger partial charge >= 0.3 is 0 Å². The average molecular weight is 259 g/mol. The van der Waals surface area contributed by atoms with Crippen molar-refractivity contribution >= 4 is 0 Å². The summed E-state index contributed by atoms with van der Waals surface area (Å²) in [6, 6.07) is 11.9. The zero-order chi connectivity index (χ0) is 13.8. The van der Waals surface area contributed by atoms with Crippen molar-refractivity contribution in [1.82, 2.24) is 0 Å². The van der Waals surface area contributed by atoms with Gasteiger partial charge in [0.1, 0.15) is 11.6 Å². The maximum absolute atomic E-state index is 13.3. The number of aryl methyl sites for hydroxylation is 1. The highest BCUT2D eigenvalue weighted by Crippen LogP contribution is 2.29. The van der Waals surface area contributed by atoms with Crippen LogP contribution in [-0.4, -0.2) is 6.61 Å². The van der Waals surface area contributed by atoms with Crippen LogP contribution in [0.25, 0.3) is 0 Å². The lowest BCUT2D eigenvalue weighted by molar-refractivity contribution is 0.335. The third-order valence-corrected chi connectivity index (χ3v) is 3.01. The molecule has 19 heavy (non-hydrogen) atoms. The first-order valence-corrected chi connectivity index (χ1v) is 6.36. The summed E-state index contributed by atoms with van der Waals surface area (Å²) in [7, 11) is 0. The quantitative estimate of drug-likeness (QED) is 0.910. The van der Waals surface area contributed by atoms with Crippen LogP contribution in [0.5, 0.6) is 5.75 Å². The molecule has 2 aromatic rings. The molecule has 0 radical (unpaired) electrons. The predicted molar refractivity (Wildman–Crippen MR) is 74.8 cm³/mol. The van der Waals surface area contributed by atoms with Crippen LogP contribution >= 0.6 is 0 Å². The zero-order valence-corrected chi connectivity index (χ0v) is 11.2. The molecule has 2 N–H and O–H groups in total. The van der Waals surface area contributed by atoms with Gasteiger partial charge in [0, 0.05) is 5.56 Å². The Kier molecular flexibility index (Phi) is 4.17. The lowest BCUT2D eigenvalue weighted by atomic mass is 9.97. The smallest absolute Gasteiger partial charge is 0.124 e. The Morgan fingerprint density at radius 3 is 2.68 bits per heavy atom. The second-order valence-corrected chi connectivity index (χ2v) is 4.51. The van der Waals surface area contributed by atoms with Crippen molar-refractivity contribution < 1.29 is 9.13 Å². The largest absolute Gasteiger partial charge is 0.494 e. The van der Waals surface area contributed by atoms with Gasteiger partial charge in [-0.15, -0.1) is 0 Å². The molecule has 2 nitrogen and oxygen atoms in total. The van der Waals surface area contributed by atoms with Gasteiger partial charge < -0.3 is 10.5 Å². The summed E-state index contributed by atoms with van der Waals surface area (Å²) in [6.45, 7) is 4.50. The van der Waals surface area contributed by atoms with E-state index in [0.717, 1.165) is 22.4 Å². The number of rotatable bonds is 4. The number of ether oxygens (including phenoxy) is 1. The molecule has 0 saturated heterocycles. The van der Waals surface area contributed by atoms with Crippen molar-refractivity contribution in [3.8, 4) is 5.75 Å². The molecule has 0 spiro atoms. The average Bonchev–Trinajstić information content (AvgIpc) is 2.40. The number of halogens is 1. The maximum atomic E-state index is 13.3. The van der Waals surface area contributed by atoms with E-state index in [-0.39, 0.29) is 5.82 Å². The number of benzene rings is 2. The SMILES string of the molecule is CCOc1ccc(C)cc1C(N)c1cccc(F)c1. The fourth-order valence-corrected chi connectivity index (χ4v) is 2.08. The van der Waals surface area contributed by atoms with Gasteiger partial charge in [-0.05, 0) is 37.6 Å². The van der Waals surface area contributed by atoms with Crippen LogP contribution in [0, 0.1) is 12.7 Å². The van der Waals surface area contributed by atoms with E-state index in [1.165, 1.54) is 12.1 Å². The normalized spacial score (nSPS) is 12.2. The molecular formula is C16H18FNO. The molecule has 2 rings (SSSR count). The van der Waals surface area contributed by atoms with E-state index in [4.69, 9.17) is 10.5 Å². The second-order valence-electron chi connectivity index (χ2n) is 4.51. The van der Waals surface area contributed by atoms with Crippen LogP contribution in [0.3, 0.4) is 0 Å². The van der Waals surface area contributed by atoms with Crippen molar-refractivity contribution in [2.45, 2.75) is 19.9 Å². The fourth-order valence-electron chi connectivity index (χ4n) is 2.08. The van der Waals surface area contributed by atoms with Crippen molar-refractivity contribution in [1.29, 1.82) is 0 Å². The van der Waals surface area contributed by atoms with Crippen molar-refractivity contribution in [3.05, 3.63) is 65.0 Å². The topological polar surface area (TPSA) is 35.2 Å². The number of hydrogen-bond acceptors (Lipinski definition) is 2. The number of hydrogen-bond donors (Lipinski definition) is 1. The molecular weight excluding hydrogens is 241 g/mol. The fraction of sp³-hybridized carbons (Fsp3) is 0.250. The summed E-state index contributed by atoms with van der Waals surface area (Å²) in [5.41, 5.74) is 8.96. The maximum Gasteiger partial charge on any atom is 0.124 e. The summed E-state index contributed by atoms with van der Waals surface area (Å²) in [4.78, 5) is 0. The second kappa shape index (κ2) is 5.85. The van der Waals surface area contributed by atoms with Crippen molar-refractivity contribution in [3.63, 3.8) is 0 Å². The summed E-state index contributed by atoms with van der Waals surface area (Å²) in [6.07, 6.45) is 0. The molecule has 0 amide bonds. The first-order chi connectivity index (χ1) is 9.11. The van der Waals surface area contributed by atoms with Crippen LogP contribution < -0.4 is 10.5 Å². The van der Waals surface area contributed by atoms with E-state index >= 15 is 0 Å². The minimum Gasteiger partial charge on any atom is -0.494 e. The van der Waals surface area contributed by atoms with Gasteiger partial charge in [0.25, 0.3) is 0 Å². The van der Waals surface area contributed by atoms with Gasteiger partial charge in [0.2, 0.25) is 0 Å². The standard InChI is InChI=1S/C16H18FNO/c1-3-19-15-8-7-11(2)9-14(15)16(18)12-5-4-6-13(17)10-12/h4-10,16H,3,18H2,1-2H3. The van der Waals surface area contributed by atoms with E-state index in [1.807, 2.05) is 38.1 Å². The Hall–Kier alpha value is -1.87. The minimum atomic E-state index is -0.392. The summed E-state index contributed by atoms with van der Waals surface area (Å²) in [5.74, 6) is 0.475. The Morgan fingerprint density at radius 2 is 2.00 bits per heavy atom. The third-order valence-electron chi connectivity index (χ3n) is 3.01. The van der Waals surface area contributed by atoms with Gasteiger partial charge in [-0.2, -0.15) is 0 Å². The molecule has 3 heteroatoms. The van der Waals surface area contributed by atoms with Crippen molar-refractivity contribution in [2.75, 3.05) is 6.61 Å². The van der Waals surface area contributed by atoms with E-state index in [9.17, 15) is 4.39 Å².